The standard InChI is InChI=1S/C16H19N3O/c20-16(12-4-3-11-5-6-18-14(11)8-12)19-7-1-2-13-9-17-10-15(13)19/h3-6,8,13,15,17-18H,1-2,7,9-10H2. The summed E-state index contributed by atoms with van der Waals surface area (Å²) in [6.45, 7) is 2.90. The number of nitrogens with one attached hydrogen (secondary N) is 2. The van der Waals surface area contributed by atoms with E-state index in [2.05, 4.69) is 15.2 Å². The molecule has 4 nitrogen and oxygen atoms in total. The van der Waals surface area contributed by atoms with Gasteiger partial charge in [0.2, 0.25) is 0 Å². The molecule has 20 heavy (non-hydrogen) atoms. The molecule has 1 amide bonds. The Morgan fingerprint density at radius 1 is 1.25 bits per heavy atom. The summed E-state index contributed by atoms with van der Waals surface area (Å²) in [6.07, 6.45) is 4.28. The number of H-pyrrole nitrogens is 1. The van der Waals surface area contributed by atoms with Crippen LogP contribution >= 0.6 is 0 Å². The van der Waals surface area contributed by atoms with E-state index in [0.717, 1.165) is 42.5 Å². The molecule has 2 aromatic rings. The fourth-order valence-electron chi connectivity index (χ4n) is 3.67. The van der Waals surface area contributed by atoms with Gasteiger partial charge in [-0.25, -0.2) is 0 Å². The fourth-order valence-corrected chi connectivity index (χ4v) is 3.67. The van der Waals surface area contributed by atoms with E-state index in [1.165, 1.54) is 6.42 Å². The molecule has 0 bridgehead atoms. The van der Waals surface area contributed by atoms with Crippen molar-refractivity contribution in [3.05, 3.63) is 36.0 Å². The fraction of sp³-hybridized carbons (Fsp3) is 0.438. The number of likely N-dealkylation sites (tertiary alicyclic amines) is 1. The summed E-state index contributed by atoms with van der Waals surface area (Å²) in [5, 5.41) is 4.58. The molecule has 2 aliphatic rings. The largest absolute Gasteiger partial charge is 0.361 e. The van der Waals surface area contributed by atoms with Gasteiger partial charge in [-0.1, -0.05) is 6.07 Å². The third-order valence-electron chi connectivity index (χ3n) is 4.74. The highest BCUT2D eigenvalue weighted by Crippen LogP contribution is 2.28. The van der Waals surface area contributed by atoms with Crippen LogP contribution in [-0.4, -0.2) is 41.5 Å². The molecule has 2 aliphatic heterocycles. The number of carbonyl (C=O) groups is 1. The molecule has 3 heterocycles. The summed E-state index contributed by atoms with van der Waals surface area (Å²) >= 11 is 0. The first-order valence-corrected chi connectivity index (χ1v) is 7.42. The van der Waals surface area contributed by atoms with E-state index in [9.17, 15) is 4.79 Å². The van der Waals surface area contributed by atoms with Crippen molar-refractivity contribution in [2.45, 2.75) is 18.9 Å². The van der Waals surface area contributed by atoms with Gasteiger partial charge < -0.3 is 15.2 Å². The highest BCUT2D eigenvalue weighted by Gasteiger charge is 2.37. The molecule has 0 aliphatic carbocycles. The average molecular weight is 269 g/mol. The van der Waals surface area contributed by atoms with E-state index in [1.807, 2.05) is 30.5 Å². The lowest BCUT2D eigenvalue weighted by molar-refractivity contribution is 0.0575. The second-order valence-electron chi connectivity index (χ2n) is 5.91. The van der Waals surface area contributed by atoms with E-state index >= 15 is 0 Å². The Labute approximate surface area is 118 Å². The molecule has 4 heteroatoms. The lowest BCUT2D eigenvalue weighted by Gasteiger charge is -2.37. The molecule has 0 spiro atoms. The Kier molecular flexibility index (Phi) is 2.77. The summed E-state index contributed by atoms with van der Waals surface area (Å²) < 4.78 is 0. The van der Waals surface area contributed by atoms with Gasteiger partial charge in [0.15, 0.2) is 0 Å². The average Bonchev–Trinajstić information content (AvgIpc) is 3.13. The van der Waals surface area contributed by atoms with Crippen molar-refractivity contribution in [2.75, 3.05) is 19.6 Å². The van der Waals surface area contributed by atoms with Crippen LogP contribution < -0.4 is 5.32 Å². The molecule has 0 radical (unpaired) electrons. The van der Waals surface area contributed by atoms with Crippen LogP contribution in [0.4, 0.5) is 0 Å². The Hall–Kier alpha value is -1.81. The van der Waals surface area contributed by atoms with Gasteiger partial charge in [-0.15, -0.1) is 0 Å². The first-order chi connectivity index (χ1) is 9.83. The third-order valence-corrected chi connectivity index (χ3v) is 4.74. The zero-order valence-electron chi connectivity index (χ0n) is 11.4. The van der Waals surface area contributed by atoms with E-state index < -0.39 is 0 Å². The molecule has 2 fully saturated rings. The second-order valence-corrected chi connectivity index (χ2v) is 5.91. The highest BCUT2D eigenvalue weighted by molar-refractivity contribution is 5.98. The van der Waals surface area contributed by atoms with Crippen molar-refractivity contribution in [2.24, 2.45) is 5.92 Å². The second kappa shape index (κ2) is 4.63. The van der Waals surface area contributed by atoms with Gasteiger partial charge in [0.05, 0.1) is 0 Å². The normalized spacial score (nSPS) is 25.9. The summed E-state index contributed by atoms with van der Waals surface area (Å²) in [7, 11) is 0. The maximum atomic E-state index is 12.8. The molecule has 4 rings (SSSR count). The number of fused-ring (bicyclic) bond motifs is 2. The topological polar surface area (TPSA) is 48.1 Å². The van der Waals surface area contributed by atoms with Gasteiger partial charge in [-0.3, -0.25) is 4.79 Å². The SMILES string of the molecule is O=C(c1ccc2cc[nH]c2c1)N1CCCC2CNCC21. The van der Waals surface area contributed by atoms with Crippen LogP contribution in [0.3, 0.4) is 0 Å². The number of hydrogen-bond acceptors (Lipinski definition) is 2. The Bertz CT molecular complexity index is 648. The summed E-state index contributed by atoms with van der Waals surface area (Å²) in [4.78, 5) is 18.1. The van der Waals surface area contributed by atoms with Gasteiger partial charge in [0.1, 0.15) is 0 Å². The van der Waals surface area contributed by atoms with E-state index in [-0.39, 0.29) is 5.91 Å². The number of rotatable bonds is 1. The first-order valence-electron chi connectivity index (χ1n) is 7.42. The maximum Gasteiger partial charge on any atom is 0.254 e. The van der Waals surface area contributed by atoms with Crippen LogP contribution in [0.1, 0.15) is 23.2 Å². The zero-order valence-corrected chi connectivity index (χ0v) is 11.4. The lowest BCUT2D eigenvalue weighted by Crippen LogP contribution is -2.48. The molecular formula is C16H19N3O. The highest BCUT2D eigenvalue weighted by atomic mass is 16.2. The molecular weight excluding hydrogens is 250 g/mol. The third kappa shape index (κ3) is 1.83. The van der Waals surface area contributed by atoms with E-state index in [0.29, 0.717) is 12.0 Å². The van der Waals surface area contributed by atoms with Crippen LogP contribution in [0.25, 0.3) is 10.9 Å². The monoisotopic (exact) mass is 269 g/mol. The molecule has 0 saturated carbocycles. The van der Waals surface area contributed by atoms with Crippen molar-refractivity contribution in [1.82, 2.24) is 15.2 Å². The van der Waals surface area contributed by atoms with Crippen molar-refractivity contribution >= 4 is 16.8 Å². The van der Waals surface area contributed by atoms with Crippen molar-refractivity contribution in [1.29, 1.82) is 0 Å². The van der Waals surface area contributed by atoms with Crippen LogP contribution in [0.2, 0.25) is 0 Å². The predicted molar refractivity (Wildman–Crippen MR) is 78.7 cm³/mol. The van der Waals surface area contributed by atoms with Crippen LogP contribution in [0.5, 0.6) is 0 Å². The smallest absolute Gasteiger partial charge is 0.254 e. The number of piperidine rings is 1. The number of aromatic nitrogens is 1. The molecule has 1 aromatic carbocycles. The molecule has 2 atom stereocenters. The van der Waals surface area contributed by atoms with Gasteiger partial charge in [-0.05, 0) is 42.3 Å². The number of benzene rings is 1. The van der Waals surface area contributed by atoms with Crippen LogP contribution in [0.15, 0.2) is 30.5 Å². The summed E-state index contributed by atoms with van der Waals surface area (Å²) in [5.74, 6) is 0.821. The van der Waals surface area contributed by atoms with Gasteiger partial charge in [0.25, 0.3) is 5.91 Å². The van der Waals surface area contributed by atoms with Crippen LogP contribution in [-0.2, 0) is 0 Å². The van der Waals surface area contributed by atoms with Gasteiger partial charge >= 0.3 is 0 Å². The minimum absolute atomic E-state index is 0.180. The summed E-state index contributed by atoms with van der Waals surface area (Å²) in [6, 6.07) is 8.36. The molecule has 2 unspecified atom stereocenters. The van der Waals surface area contributed by atoms with Crippen molar-refractivity contribution in [3.63, 3.8) is 0 Å². The zero-order chi connectivity index (χ0) is 13.5. The molecule has 2 saturated heterocycles. The number of hydrogen-bond donors (Lipinski definition) is 2. The lowest BCUT2D eigenvalue weighted by atomic mass is 9.91. The Morgan fingerprint density at radius 2 is 2.20 bits per heavy atom. The quantitative estimate of drug-likeness (QED) is 0.832. The first kappa shape index (κ1) is 12.0. The number of amides is 1. The van der Waals surface area contributed by atoms with E-state index in [1.54, 1.807) is 0 Å². The minimum atomic E-state index is 0.180. The number of aromatic amines is 1. The maximum absolute atomic E-state index is 12.8. The van der Waals surface area contributed by atoms with E-state index in [4.69, 9.17) is 0 Å². The minimum Gasteiger partial charge on any atom is -0.361 e. The molecule has 104 valence electrons. The number of carbonyl (C=O) groups excluding carboxylic acids is 1. The van der Waals surface area contributed by atoms with Crippen LogP contribution in [0, 0.1) is 5.92 Å². The van der Waals surface area contributed by atoms with Gasteiger partial charge in [0, 0.05) is 43.0 Å². The molecule has 1 aromatic heterocycles. The van der Waals surface area contributed by atoms with Gasteiger partial charge in [-0.2, -0.15) is 0 Å². The molecule has 2 N–H and O–H groups in total. The Morgan fingerprint density at radius 3 is 3.15 bits per heavy atom. The summed E-state index contributed by atoms with van der Waals surface area (Å²) in [5.41, 5.74) is 1.83. The predicted octanol–water partition coefficient (Wildman–Crippen LogP) is 1.99. The Balaban J connectivity index is 1.65. The number of nitrogens with zero attached hydrogens (tertiary/aromatic N) is 1. The van der Waals surface area contributed by atoms with Crippen molar-refractivity contribution < 1.29 is 4.79 Å². The van der Waals surface area contributed by atoms with Crippen molar-refractivity contribution in [3.8, 4) is 0 Å².